The van der Waals surface area contributed by atoms with Crippen molar-refractivity contribution in [3.8, 4) is 23.0 Å². The summed E-state index contributed by atoms with van der Waals surface area (Å²) in [6, 6.07) is 39.1. The first-order chi connectivity index (χ1) is 31.8. The van der Waals surface area contributed by atoms with Gasteiger partial charge < -0.3 is 38.6 Å². The average molecular weight is 893 g/mol. The maximum atomic E-state index is 12.9. The first-order valence-electron chi connectivity index (χ1n) is 20.9. The van der Waals surface area contributed by atoms with Crippen LogP contribution in [0.15, 0.2) is 146 Å². The van der Waals surface area contributed by atoms with Crippen LogP contribution in [0.5, 0.6) is 23.0 Å². The number of fused-ring (bicyclic) bond motifs is 2. The Hall–Kier alpha value is -8.26. The Morgan fingerprint density at radius 2 is 0.591 bits per heavy atom. The number of phenolic OH excluding ortho intramolecular Hbond substituents is 2. The standard InChI is InChI=1S/C28H24O8.C24H20O6/c1-17(29)33-23-11-7-19(8-12-23)27(31)35-25-15-21-5-3-4-6-22(21)16-26(25)36-28(32)20-9-13-24(14-10-20)34-18(2)30;25-19-9-5-15(6-10-19)23(27)29-21-13-17-3-1-2-4-18(17)14-22(21)30-24(28)16-7-11-20(26)12-8-16/h3-14,25-26H,15-16H2,1-2H3;1-12,21-22,25-26H,13-14H2/t25-,26+;21-,22+. The van der Waals surface area contributed by atoms with Crippen LogP contribution in [0.3, 0.4) is 0 Å². The fourth-order valence-corrected chi connectivity index (χ4v) is 7.44. The zero-order valence-corrected chi connectivity index (χ0v) is 35.8. The molecule has 0 fully saturated rings. The van der Waals surface area contributed by atoms with Crippen LogP contribution in [0.25, 0.3) is 0 Å². The number of aromatic hydroxyl groups is 2. The molecule has 0 aromatic heterocycles. The van der Waals surface area contributed by atoms with Crippen molar-refractivity contribution < 1.29 is 67.4 Å². The second-order valence-corrected chi connectivity index (χ2v) is 15.5. The molecule has 8 rings (SSSR count). The van der Waals surface area contributed by atoms with E-state index < -0.39 is 60.2 Å². The highest BCUT2D eigenvalue weighted by atomic mass is 16.6. The molecule has 0 heterocycles. The number of benzene rings is 6. The van der Waals surface area contributed by atoms with Crippen LogP contribution in [0.2, 0.25) is 0 Å². The quantitative estimate of drug-likeness (QED) is 0.0769. The summed E-state index contributed by atoms with van der Waals surface area (Å²) in [4.78, 5) is 73.2. The largest absolute Gasteiger partial charge is 0.508 e. The first-order valence-corrected chi connectivity index (χ1v) is 20.9. The Kier molecular flexibility index (Phi) is 14.5. The normalized spacial score (nSPS) is 16.9. The van der Waals surface area contributed by atoms with E-state index in [4.69, 9.17) is 28.4 Å². The monoisotopic (exact) mass is 892 g/mol. The molecule has 2 aliphatic carbocycles. The molecule has 2 aliphatic rings. The van der Waals surface area contributed by atoms with Crippen LogP contribution in [0.1, 0.15) is 77.5 Å². The zero-order chi connectivity index (χ0) is 46.7. The van der Waals surface area contributed by atoms with Crippen molar-refractivity contribution in [3.63, 3.8) is 0 Å². The summed E-state index contributed by atoms with van der Waals surface area (Å²) in [7, 11) is 0. The Balaban J connectivity index is 0.000000199. The topological polar surface area (TPSA) is 198 Å². The number of esters is 6. The molecule has 0 unspecified atom stereocenters. The Labute approximate surface area is 379 Å². The van der Waals surface area contributed by atoms with Gasteiger partial charge in [-0.05, 0) is 119 Å². The van der Waals surface area contributed by atoms with Gasteiger partial charge in [0.15, 0.2) is 0 Å². The lowest BCUT2D eigenvalue weighted by Crippen LogP contribution is -2.41. The van der Waals surface area contributed by atoms with Crippen LogP contribution in [0, 0.1) is 0 Å². The summed E-state index contributed by atoms with van der Waals surface area (Å²) >= 11 is 0. The molecule has 0 saturated heterocycles. The van der Waals surface area contributed by atoms with E-state index in [2.05, 4.69) is 0 Å². The fraction of sp³-hybridized carbons (Fsp3) is 0.192. The van der Waals surface area contributed by atoms with Crippen molar-refractivity contribution in [1.82, 2.24) is 0 Å². The smallest absolute Gasteiger partial charge is 0.338 e. The van der Waals surface area contributed by atoms with E-state index in [-0.39, 0.29) is 22.6 Å². The lowest BCUT2D eigenvalue weighted by atomic mass is 9.87. The third-order valence-corrected chi connectivity index (χ3v) is 10.7. The third-order valence-electron chi connectivity index (χ3n) is 10.7. The van der Waals surface area contributed by atoms with Gasteiger partial charge in [0.25, 0.3) is 0 Å². The first kappa shape index (κ1) is 45.8. The number of carbonyl (C=O) groups is 6. The lowest BCUT2D eigenvalue weighted by Gasteiger charge is -2.32. The summed E-state index contributed by atoms with van der Waals surface area (Å²) in [5.74, 6) is -2.45. The Bertz CT molecular complexity index is 2520. The fourth-order valence-electron chi connectivity index (χ4n) is 7.44. The Morgan fingerprint density at radius 1 is 0.364 bits per heavy atom. The van der Waals surface area contributed by atoms with E-state index in [0.717, 1.165) is 22.3 Å². The second-order valence-electron chi connectivity index (χ2n) is 15.5. The van der Waals surface area contributed by atoms with Crippen molar-refractivity contribution in [2.45, 2.75) is 63.9 Å². The highest BCUT2D eigenvalue weighted by molar-refractivity contribution is 5.92. The second kappa shape index (κ2) is 20.9. The minimum atomic E-state index is -0.704. The van der Waals surface area contributed by atoms with Crippen LogP contribution in [0.4, 0.5) is 0 Å². The molecule has 4 atom stereocenters. The van der Waals surface area contributed by atoms with Crippen molar-refractivity contribution in [2.75, 3.05) is 0 Å². The molecule has 6 aromatic carbocycles. The predicted octanol–water partition coefficient (Wildman–Crippen LogP) is 7.73. The third kappa shape index (κ3) is 12.0. The zero-order valence-electron chi connectivity index (χ0n) is 35.8. The predicted molar refractivity (Wildman–Crippen MR) is 236 cm³/mol. The van der Waals surface area contributed by atoms with E-state index >= 15 is 0 Å². The van der Waals surface area contributed by atoms with E-state index in [1.54, 1.807) is 0 Å². The highest BCUT2D eigenvalue weighted by Crippen LogP contribution is 2.30. The van der Waals surface area contributed by atoms with E-state index in [9.17, 15) is 39.0 Å². The van der Waals surface area contributed by atoms with Crippen molar-refractivity contribution in [3.05, 3.63) is 190 Å². The minimum Gasteiger partial charge on any atom is -0.508 e. The molecule has 0 saturated carbocycles. The number of hydrogen-bond acceptors (Lipinski definition) is 14. The number of rotatable bonds is 10. The molecule has 336 valence electrons. The maximum absolute atomic E-state index is 12.9. The van der Waals surface area contributed by atoms with Crippen LogP contribution < -0.4 is 9.47 Å². The van der Waals surface area contributed by atoms with Gasteiger partial charge in [0.2, 0.25) is 0 Å². The van der Waals surface area contributed by atoms with Crippen molar-refractivity contribution in [2.24, 2.45) is 0 Å². The Morgan fingerprint density at radius 3 is 0.818 bits per heavy atom. The number of carbonyl (C=O) groups excluding carboxylic acids is 6. The summed E-state index contributed by atoms with van der Waals surface area (Å²) in [5.41, 5.74) is 5.25. The van der Waals surface area contributed by atoms with Gasteiger partial charge in [-0.15, -0.1) is 0 Å². The molecule has 0 spiro atoms. The number of phenols is 2. The molecule has 2 N–H and O–H groups in total. The molecule has 0 aliphatic heterocycles. The van der Waals surface area contributed by atoms with Gasteiger partial charge in [-0.1, -0.05) is 48.5 Å². The van der Waals surface area contributed by atoms with Crippen LogP contribution in [-0.4, -0.2) is 70.4 Å². The van der Waals surface area contributed by atoms with Gasteiger partial charge in [-0.3, -0.25) is 9.59 Å². The SMILES string of the molecule is CC(=O)Oc1ccc(C(=O)O[C@H]2Cc3ccccc3C[C@H]2OC(=O)c2ccc(OC(C)=O)cc2)cc1.O=C(O[C@H]1Cc2ccccc2C[C@H]1OC(=O)c1ccc(O)cc1)c1ccc(O)cc1. The van der Waals surface area contributed by atoms with Crippen LogP contribution >= 0.6 is 0 Å². The van der Waals surface area contributed by atoms with Gasteiger partial charge in [0.1, 0.15) is 47.4 Å². The molecule has 14 heteroatoms. The van der Waals surface area contributed by atoms with Gasteiger partial charge in [-0.2, -0.15) is 0 Å². The highest BCUT2D eigenvalue weighted by Gasteiger charge is 2.36. The molecule has 0 radical (unpaired) electrons. The van der Waals surface area contributed by atoms with E-state index in [1.807, 2.05) is 48.5 Å². The molecule has 0 bridgehead atoms. The van der Waals surface area contributed by atoms with Gasteiger partial charge >= 0.3 is 35.8 Å². The number of ether oxygens (including phenoxy) is 6. The summed E-state index contributed by atoms with van der Waals surface area (Å²) < 4.78 is 33.0. The van der Waals surface area contributed by atoms with Gasteiger partial charge in [0, 0.05) is 39.5 Å². The summed E-state index contributed by atoms with van der Waals surface area (Å²) in [6.45, 7) is 2.58. The molecule has 14 nitrogen and oxygen atoms in total. The molecular formula is C52H44O14. The van der Waals surface area contributed by atoms with Crippen LogP contribution in [-0.2, 0) is 54.2 Å². The van der Waals surface area contributed by atoms with E-state index in [0.29, 0.717) is 48.3 Å². The lowest BCUT2D eigenvalue weighted by molar-refractivity contribution is -0.132. The molecule has 6 aromatic rings. The maximum Gasteiger partial charge on any atom is 0.338 e. The number of hydrogen-bond donors (Lipinski definition) is 2. The summed E-state index contributed by atoms with van der Waals surface area (Å²) in [5, 5.41) is 18.8. The van der Waals surface area contributed by atoms with Crippen molar-refractivity contribution >= 4 is 35.8 Å². The van der Waals surface area contributed by atoms with Gasteiger partial charge in [0.05, 0.1) is 22.3 Å². The average Bonchev–Trinajstić information content (AvgIpc) is 3.30. The van der Waals surface area contributed by atoms with Gasteiger partial charge in [-0.25, -0.2) is 19.2 Å². The molecule has 0 amide bonds. The molecular weight excluding hydrogens is 849 g/mol. The summed E-state index contributed by atoms with van der Waals surface area (Å²) in [6.07, 6.45) is -1.09. The minimum absolute atomic E-state index is 0.0545. The van der Waals surface area contributed by atoms with E-state index in [1.165, 1.54) is 111 Å². The molecule has 66 heavy (non-hydrogen) atoms. The van der Waals surface area contributed by atoms with Crippen molar-refractivity contribution in [1.29, 1.82) is 0 Å².